The van der Waals surface area contributed by atoms with Gasteiger partial charge in [0.25, 0.3) is 0 Å². The first-order chi connectivity index (χ1) is 10.9. The number of hydrogen-bond acceptors (Lipinski definition) is 8. The van der Waals surface area contributed by atoms with Crippen molar-refractivity contribution in [2.75, 3.05) is 6.26 Å². The Kier molecular flexibility index (Phi) is 3.97. The molecule has 118 valence electrons. The van der Waals surface area contributed by atoms with Crippen LogP contribution in [-0.4, -0.2) is 34.3 Å². The summed E-state index contributed by atoms with van der Waals surface area (Å²) >= 11 is 2.34. The number of aromatic nitrogens is 4. The molecule has 0 spiro atoms. The zero-order valence-electron chi connectivity index (χ0n) is 11.7. The molecule has 3 aromatic heterocycles. The molecule has 23 heavy (non-hydrogen) atoms. The van der Waals surface area contributed by atoms with Crippen LogP contribution in [0, 0.1) is 11.3 Å². The number of nitriles is 1. The minimum absolute atomic E-state index is 0.174. The molecule has 1 N–H and O–H groups in total. The van der Waals surface area contributed by atoms with E-state index in [9.17, 15) is 13.2 Å². The predicted octanol–water partition coefficient (Wildman–Crippen LogP) is 1.05. The van der Waals surface area contributed by atoms with Crippen LogP contribution in [0.4, 0.5) is 0 Å². The number of rotatable bonds is 4. The van der Waals surface area contributed by atoms with Crippen molar-refractivity contribution in [3.05, 3.63) is 39.3 Å². The number of sulfone groups is 1. The standard InChI is InChI=1S/C12H9N5O3S3/c1-23(19,20)10-7(2-3-21-10)6-22-11-15-9-8(4-13)5-14-17(9)12(18)16-11/h2-3,5H,6H2,1H3,(H,15,16,18). The molecule has 11 heteroatoms. The van der Waals surface area contributed by atoms with Gasteiger partial charge in [-0.05, 0) is 17.0 Å². The van der Waals surface area contributed by atoms with Crippen LogP contribution in [0.15, 0.2) is 31.8 Å². The van der Waals surface area contributed by atoms with E-state index in [0.29, 0.717) is 20.7 Å². The highest BCUT2D eigenvalue weighted by atomic mass is 32.2. The molecule has 0 aliphatic heterocycles. The quantitative estimate of drug-likeness (QED) is 0.684. The number of fused-ring (bicyclic) bond motifs is 1. The molecule has 0 aromatic carbocycles. The van der Waals surface area contributed by atoms with E-state index < -0.39 is 15.5 Å². The van der Waals surface area contributed by atoms with Gasteiger partial charge in [-0.2, -0.15) is 14.9 Å². The summed E-state index contributed by atoms with van der Waals surface area (Å²) in [5.41, 5.74) is 0.518. The van der Waals surface area contributed by atoms with Crippen molar-refractivity contribution in [2.45, 2.75) is 15.1 Å². The van der Waals surface area contributed by atoms with Gasteiger partial charge in [0, 0.05) is 12.0 Å². The molecule has 0 unspecified atom stereocenters. The third-order valence-electron chi connectivity index (χ3n) is 2.89. The molecule has 3 aromatic rings. The Hall–Kier alpha value is -2.16. The van der Waals surface area contributed by atoms with Crippen LogP contribution in [0.25, 0.3) is 5.65 Å². The van der Waals surface area contributed by atoms with Crippen molar-refractivity contribution in [3.63, 3.8) is 0 Å². The van der Waals surface area contributed by atoms with E-state index in [1.807, 2.05) is 6.07 Å². The number of H-pyrrole nitrogens is 1. The molecular weight excluding hydrogens is 358 g/mol. The molecule has 0 bridgehead atoms. The number of aromatic amines is 1. The van der Waals surface area contributed by atoms with E-state index >= 15 is 0 Å². The Morgan fingerprint density at radius 1 is 1.52 bits per heavy atom. The highest BCUT2D eigenvalue weighted by Gasteiger charge is 2.16. The van der Waals surface area contributed by atoms with Crippen molar-refractivity contribution in [1.29, 1.82) is 5.26 Å². The van der Waals surface area contributed by atoms with Gasteiger partial charge in [-0.25, -0.2) is 18.2 Å². The summed E-state index contributed by atoms with van der Waals surface area (Å²) in [4.78, 5) is 18.7. The number of nitrogens with zero attached hydrogens (tertiary/aromatic N) is 4. The third-order valence-corrected chi connectivity index (χ3v) is 6.69. The van der Waals surface area contributed by atoms with Gasteiger partial charge in [-0.1, -0.05) is 11.8 Å². The van der Waals surface area contributed by atoms with Gasteiger partial charge in [-0.15, -0.1) is 11.3 Å². The summed E-state index contributed by atoms with van der Waals surface area (Å²) < 4.78 is 24.7. The molecule has 0 aliphatic carbocycles. The van der Waals surface area contributed by atoms with Crippen molar-refractivity contribution in [2.24, 2.45) is 0 Å². The van der Waals surface area contributed by atoms with Gasteiger partial charge in [-0.3, -0.25) is 4.98 Å². The number of thiophene rings is 1. The number of hydrogen-bond donors (Lipinski definition) is 1. The lowest BCUT2D eigenvalue weighted by atomic mass is 10.4. The minimum Gasteiger partial charge on any atom is -0.285 e. The Balaban J connectivity index is 1.93. The van der Waals surface area contributed by atoms with Crippen molar-refractivity contribution < 1.29 is 8.42 Å². The SMILES string of the molecule is CS(=O)(=O)c1sccc1CSc1nc2c(C#N)cnn2c(=O)[nH]1. The van der Waals surface area contributed by atoms with Crippen LogP contribution in [0.2, 0.25) is 0 Å². The Morgan fingerprint density at radius 3 is 3.00 bits per heavy atom. The van der Waals surface area contributed by atoms with Crippen LogP contribution in [0.1, 0.15) is 11.1 Å². The Labute approximate surface area is 138 Å². The molecule has 0 saturated carbocycles. The Morgan fingerprint density at radius 2 is 2.30 bits per heavy atom. The van der Waals surface area contributed by atoms with E-state index in [0.717, 1.165) is 22.1 Å². The smallest absolute Gasteiger partial charge is 0.285 e. The zero-order valence-corrected chi connectivity index (χ0v) is 14.1. The van der Waals surface area contributed by atoms with Crippen LogP contribution >= 0.6 is 23.1 Å². The fraction of sp³-hybridized carbons (Fsp3) is 0.167. The lowest BCUT2D eigenvalue weighted by Crippen LogP contribution is -2.19. The summed E-state index contributed by atoms with van der Waals surface area (Å²) in [5.74, 6) is 0.334. The topological polar surface area (TPSA) is 121 Å². The summed E-state index contributed by atoms with van der Waals surface area (Å²) in [6, 6.07) is 3.64. The van der Waals surface area contributed by atoms with Crippen LogP contribution in [0.3, 0.4) is 0 Å². The van der Waals surface area contributed by atoms with Gasteiger partial charge >= 0.3 is 5.69 Å². The summed E-state index contributed by atoms with van der Waals surface area (Å²) in [6.07, 6.45) is 2.43. The van der Waals surface area contributed by atoms with Crippen molar-refractivity contribution >= 4 is 38.6 Å². The summed E-state index contributed by atoms with van der Waals surface area (Å²) in [7, 11) is -3.28. The molecule has 0 amide bonds. The van der Waals surface area contributed by atoms with Gasteiger partial charge in [0.1, 0.15) is 15.8 Å². The van der Waals surface area contributed by atoms with Gasteiger partial charge in [0.05, 0.1) is 6.20 Å². The molecule has 0 radical (unpaired) electrons. The second-order valence-corrected chi connectivity index (χ2v) is 8.64. The van der Waals surface area contributed by atoms with Gasteiger partial charge < -0.3 is 0 Å². The molecule has 0 saturated heterocycles. The molecule has 3 rings (SSSR count). The molecular formula is C12H9N5O3S3. The van der Waals surface area contributed by atoms with E-state index in [-0.39, 0.29) is 11.2 Å². The summed E-state index contributed by atoms with van der Waals surface area (Å²) in [5, 5.41) is 14.8. The molecule has 8 nitrogen and oxygen atoms in total. The highest BCUT2D eigenvalue weighted by molar-refractivity contribution is 7.98. The van der Waals surface area contributed by atoms with Crippen molar-refractivity contribution in [1.82, 2.24) is 19.6 Å². The first-order valence-corrected chi connectivity index (χ1v) is 9.93. The maximum absolute atomic E-state index is 11.9. The van der Waals surface area contributed by atoms with Crippen LogP contribution in [0.5, 0.6) is 0 Å². The average molecular weight is 367 g/mol. The van der Waals surface area contributed by atoms with Crippen LogP contribution in [-0.2, 0) is 15.6 Å². The number of thioether (sulfide) groups is 1. The second-order valence-electron chi connectivity index (χ2n) is 4.55. The van der Waals surface area contributed by atoms with Crippen LogP contribution < -0.4 is 5.69 Å². The first kappa shape index (κ1) is 15.7. The van der Waals surface area contributed by atoms with E-state index in [1.165, 1.54) is 18.0 Å². The third kappa shape index (κ3) is 3.00. The van der Waals surface area contributed by atoms with E-state index in [2.05, 4.69) is 15.1 Å². The lowest BCUT2D eigenvalue weighted by Gasteiger charge is -2.02. The minimum atomic E-state index is -3.28. The van der Waals surface area contributed by atoms with Gasteiger partial charge in [0.15, 0.2) is 20.6 Å². The zero-order chi connectivity index (χ0) is 16.6. The molecule has 0 fully saturated rings. The predicted molar refractivity (Wildman–Crippen MR) is 85.3 cm³/mol. The lowest BCUT2D eigenvalue weighted by molar-refractivity contribution is 0.603. The van der Waals surface area contributed by atoms with E-state index in [4.69, 9.17) is 5.26 Å². The first-order valence-electron chi connectivity index (χ1n) is 6.17. The largest absolute Gasteiger partial charge is 0.350 e. The highest BCUT2D eigenvalue weighted by Crippen LogP contribution is 2.28. The Bertz CT molecular complexity index is 1090. The monoisotopic (exact) mass is 367 g/mol. The fourth-order valence-electron chi connectivity index (χ4n) is 1.91. The van der Waals surface area contributed by atoms with Gasteiger partial charge in [0.2, 0.25) is 0 Å². The fourth-order valence-corrected chi connectivity index (χ4v) is 5.07. The average Bonchev–Trinajstić information content (AvgIpc) is 3.11. The van der Waals surface area contributed by atoms with Crippen molar-refractivity contribution in [3.8, 4) is 6.07 Å². The maximum atomic E-state index is 11.9. The molecule has 0 aliphatic rings. The molecule has 0 atom stereocenters. The second kappa shape index (κ2) is 5.80. The van der Waals surface area contributed by atoms with E-state index in [1.54, 1.807) is 11.4 Å². The summed E-state index contributed by atoms with van der Waals surface area (Å²) in [6.45, 7) is 0. The number of nitrogens with one attached hydrogen (secondary N) is 1. The normalized spacial score (nSPS) is 11.7. The molecule has 3 heterocycles. The maximum Gasteiger partial charge on any atom is 0.350 e.